The minimum atomic E-state index is -0.770. The maximum atomic E-state index is 12.8. The molecule has 0 aromatic heterocycles. The van der Waals surface area contributed by atoms with Crippen LogP contribution in [0.25, 0.3) is 0 Å². The normalized spacial score (nSPS) is 12.1. The van der Waals surface area contributed by atoms with Crippen LogP contribution in [0, 0.1) is 0 Å². The molecule has 0 aromatic carbocycles. The lowest BCUT2D eigenvalue weighted by Gasteiger charge is -2.18. The molecule has 6 nitrogen and oxygen atoms in total. The first-order chi connectivity index (χ1) is 32.5. The third-order valence-corrected chi connectivity index (χ3v) is 13.2. The summed E-state index contributed by atoms with van der Waals surface area (Å²) in [4.78, 5) is 38.0. The topological polar surface area (TPSA) is 78.9 Å². The highest BCUT2D eigenvalue weighted by molar-refractivity contribution is 5.71. The van der Waals surface area contributed by atoms with Gasteiger partial charge in [0.25, 0.3) is 0 Å². The van der Waals surface area contributed by atoms with Crippen molar-refractivity contribution in [3.8, 4) is 0 Å². The molecule has 0 saturated carbocycles. The predicted octanol–water partition coefficient (Wildman–Crippen LogP) is 19.5. The minimum Gasteiger partial charge on any atom is -0.462 e. The number of hydrogen-bond acceptors (Lipinski definition) is 6. The third kappa shape index (κ3) is 52.9. The second-order valence-corrected chi connectivity index (χ2v) is 19.9. The van der Waals surface area contributed by atoms with Crippen LogP contribution in [-0.2, 0) is 28.6 Å². The summed E-state index contributed by atoms with van der Waals surface area (Å²) in [6.07, 6.45) is 64.7. The first-order valence-corrected chi connectivity index (χ1v) is 29.3. The molecule has 0 amide bonds. The van der Waals surface area contributed by atoms with Gasteiger partial charge in [-0.25, -0.2) is 0 Å². The van der Waals surface area contributed by atoms with Crippen molar-refractivity contribution in [2.45, 2.75) is 329 Å². The molecule has 0 N–H and O–H groups in total. The summed E-state index contributed by atoms with van der Waals surface area (Å²) < 4.78 is 16.8. The van der Waals surface area contributed by atoms with Gasteiger partial charge in [-0.2, -0.15) is 0 Å². The van der Waals surface area contributed by atoms with E-state index in [1.165, 1.54) is 212 Å². The Bertz CT molecular complexity index is 1070. The van der Waals surface area contributed by atoms with Crippen LogP contribution in [0.3, 0.4) is 0 Å². The van der Waals surface area contributed by atoms with E-state index in [4.69, 9.17) is 14.2 Å². The molecule has 0 bridgehead atoms. The van der Waals surface area contributed by atoms with E-state index in [0.29, 0.717) is 19.3 Å². The summed E-state index contributed by atoms with van der Waals surface area (Å²) in [5.74, 6) is -0.860. The fourth-order valence-corrected chi connectivity index (χ4v) is 8.77. The molecule has 0 aromatic rings. The number of ether oxygens (including phenoxy) is 3. The van der Waals surface area contributed by atoms with Crippen molar-refractivity contribution >= 4 is 17.9 Å². The highest BCUT2D eigenvalue weighted by Gasteiger charge is 2.19. The molecule has 0 saturated heterocycles. The molecule has 388 valence electrons. The van der Waals surface area contributed by atoms with Crippen molar-refractivity contribution < 1.29 is 28.6 Å². The Kier molecular flexibility index (Phi) is 53.7. The number of hydrogen-bond donors (Lipinski definition) is 0. The molecule has 0 rings (SSSR count). The van der Waals surface area contributed by atoms with Gasteiger partial charge in [-0.3, -0.25) is 14.4 Å². The van der Waals surface area contributed by atoms with E-state index in [1.54, 1.807) is 0 Å². The SMILES string of the molecule is CCCCC/C=C\C/C=C\CCCCCCCCCC(=O)OC(COC(=O)CCCCCCCCCCC)COC(=O)CCCCCCCCCCCCCCCCCCCCCCCC. The molecular formula is C60H112O6. The summed E-state index contributed by atoms with van der Waals surface area (Å²) in [7, 11) is 0. The van der Waals surface area contributed by atoms with Gasteiger partial charge < -0.3 is 14.2 Å². The van der Waals surface area contributed by atoms with E-state index in [-0.39, 0.29) is 31.1 Å². The minimum absolute atomic E-state index is 0.0693. The van der Waals surface area contributed by atoms with Crippen LogP contribution >= 0.6 is 0 Å². The molecule has 0 heterocycles. The number of carbonyl (C=O) groups excluding carboxylic acids is 3. The van der Waals surface area contributed by atoms with Gasteiger partial charge in [0.05, 0.1) is 0 Å². The van der Waals surface area contributed by atoms with Crippen LogP contribution in [0.2, 0.25) is 0 Å². The second-order valence-electron chi connectivity index (χ2n) is 19.9. The zero-order valence-electron chi connectivity index (χ0n) is 44.5. The van der Waals surface area contributed by atoms with Crippen molar-refractivity contribution in [2.75, 3.05) is 13.2 Å². The molecule has 1 unspecified atom stereocenters. The average Bonchev–Trinajstić information content (AvgIpc) is 3.31. The lowest BCUT2D eigenvalue weighted by molar-refractivity contribution is -0.167. The molecule has 6 heteroatoms. The van der Waals surface area contributed by atoms with E-state index in [2.05, 4.69) is 45.1 Å². The van der Waals surface area contributed by atoms with E-state index in [9.17, 15) is 14.4 Å². The lowest BCUT2D eigenvalue weighted by Crippen LogP contribution is -2.30. The molecule has 0 fully saturated rings. The Morgan fingerprint density at radius 3 is 0.864 bits per heavy atom. The van der Waals surface area contributed by atoms with Crippen LogP contribution in [0.4, 0.5) is 0 Å². The Balaban J connectivity index is 4.20. The van der Waals surface area contributed by atoms with Gasteiger partial charge in [-0.1, -0.05) is 276 Å². The summed E-state index contributed by atoms with van der Waals surface area (Å²) >= 11 is 0. The molecule has 0 aliphatic carbocycles. The number of esters is 3. The monoisotopic (exact) mass is 929 g/mol. The number of rotatable bonds is 54. The van der Waals surface area contributed by atoms with Gasteiger partial charge in [-0.05, 0) is 51.4 Å². The first kappa shape index (κ1) is 63.9. The quantitative estimate of drug-likeness (QED) is 0.0262. The fraction of sp³-hybridized carbons (Fsp3) is 0.883. The first-order valence-electron chi connectivity index (χ1n) is 29.3. The van der Waals surface area contributed by atoms with Crippen LogP contribution < -0.4 is 0 Å². The summed E-state index contributed by atoms with van der Waals surface area (Å²) in [6, 6.07) is 0. The molecule has 66 heavy (non-hydrogen) atoms. The van der Waals surface area contributed by atoms with Crippen molar-refractivity contribution in [3.05, 3.63) is 24.3 Å². The number of allylic oxidation sites excluding steroid dienone is 4. The van der Waals surface area contributed by atoms with Crippen LogP contribution in [0.1, 0.15) is 323 Å². The van der Waals surface area contributed by atoms with E-state index in [0.717, 1.165) is 70.6 Å². The summed E-state index contributed by atoms with van der Waals surface area (Å²) in [5, 5.41) is 0. The van der Waals surface area contributed by atoms with Crippen molar-refractivity contribution in [3.63, 3.8) is 0 Å². The fourth-order valence-electron chi connectivity index (χ4n) is 8.77. The Hall–Kier alpha value is -2.11. The van der Waals surface area contributed by atoms with Gasteiger partial charge in [0, 0.05) is 19.3 Å². The molecule has 0 spiro atoms. The zero-order chi connectivity index (χ0) is 47.9. The summed E-state index contributed by atoms with van der Waals surface area (Å²) in [6.45, 7) is 6.64. The van der Waals surface area contributed by atoms with Crippen LogP contribution in [0.15, 0.2) is 24.3 Å². The maximum absolute atomic E-state index is 12.8. The van der Waals surface area contributed by atoms with Crippen molar-refractivity contribution in [1.82, 2.24) is 0 Å². The number of unbranched alkanes of at least 4 members (excludes halogenated alkanes) is 39. The zero-order valence-corrected chi connectivity index (χ0v) is 44.5. The molecule has 1 atom stereocenters. The summed E-state index contributed by atoms with van der Waals surface area (Å²) in [5.41, 5.74) is 0. The van der Waals surface area contributed by atoms with Gasteiger partial charge in [0.15, 0.2) is 6.10 Å². The van der Waals surface area contributed by atoms with E-state index in [1.807, 2.05) is 0 Å². The van der Waals surface area contributed by atoms with Crippen molar-refractivity contribution in [2.24, 2.45) is 0 Å². The number of carbonyl (C=O) groups is 3. The average molecular weight is 930 g/mol. The Morgan fingerprint density at radius 1 is 0.303 bits per heavy atom. The molecule has 0 aliphatic rings. The van der Waals surface area contributed by atoms with Gasteiger partial charge >= 0.3 is 17.9 Å². The highest BCUT2D eigenvalue weighted by Crippen LogP contribution is 2.17. The van der Waals surface area contributed by atoms with E-state index >= 15 is 0 Å². The lowest BCUT2D eigenvalue weighted by atomic mass is 10.0. The standard InChI is InChI=1S/C60H112O6/c1-4-7-10-13-16-19-21-23-25-27-28-29-30-31-33-34-36-38-41-44-47-50-53-59(62)65-56-57(55-64-58(61)52-49-46-43-40-18-15-12-9-6-3)66-60(63)54-51-48-45-42-39-37-35-32-26-24-22-20-17-14-11-8-5-2/h17,20,24,26,57H,4-16,18-19,21-23,25,27-56H2,1-3H3/b20-17-,26-24-. The molecule has 0 radical (unpaired) electrons. The van der Waals surface area contributed by atoms with Gasteiger partial charge in [0.1, 0.15) is 13.2 Å². The van der Waals surface area contributed by atoms with Gasteiger partial charge in [-0.15, -0.1) is 0 Å². The van der Waals surface area contributed by atoms with Crippen molar-refractivity contribution in [1.29, 1.82) is 0 Å². The second kappa shape index (κ2) is 55.5. The Morgan fingerprint density at radius 2 is 0.545 bits per heavy atom. The van der Waals surface area contributed by atoms with Gasteiger partial charge in [0.2, 0.25) is 0 Å². The van der Waals surface area contributed by atoms with E-state index < -0.39 is 6.10 Å². The maximum Gasteiger partial charge on any atom is 0.306 e. The molecule has 0 aliphatic heterocycles. The highest BCUT2D eigenvalue weighted by atomic mass is 16.6. The van der Waals surface area contributed by atoms with Crippen LogP contribution in [0.5, 0.6) is 0 Å². The Labute approximate surface area is 411 Å². The molecular weight excluding hydrogens is 817 g/mol. The largest absolute Gasteiger partial charge is 0.462 e. The smallest absolute Gasteiger partial charge is 0.306 e. The van der Waals surface area contributed by atoms with Crippen LogP contribution in [-0.4, -0.2) is 37.2 Å². The third-order valence-electron chi connectivity index (χ3n) is 13.2. The predicted molar refractivity (Wildman–Crippen MR) is 284 cm³/mol.